The Morgan fingerprint density at radius 3 is 2.36 bits per heavy atom. The number of phenolic OH excluding ortho intramolecular Hbond substituents is 1. The van der Waals surface area contributed by atoms with Crippen molar-refractivity contribution in [2.75, 3.05) is 18.0 Å². The Kier molecular flexibility index (Phi) is 7.78. The monoisotopic (exact) mass is 361 g/mol. The van der Waals surface area contributed by atoms with Crippen molar-refractivity contribution in [3.05, 3.63) is 24.0 Å². The molecular formula is C18H27N5OS. The first kappa shape index (κ1) is 19.3. The minimum atomic E-state index is 0.138. The fourth-order valence-corrected chi connectivity index (χ4v) is 2.97. The van der Waals surface area contributed by atoms with Crippen molar-refractivity contribution in [2.45, 2.75) is 52.9 Å². The molecule has 0 saturated heterocycles. The van der Waals surface area contributed by atoms with E-state index in [9.17, 15) is 5.11 Å². The number of unbranched alkanes of at least 4 members (excludes halogenated alkanes) is 2. The molecular weight excluding hydrogens is 334 g/mol. The van der Waals surface area contributed by atoms with Crippen LogP contribution in [0.1, 0.15) is 52.3 Å². The first-order valence-corrected chi connectivity index (χ1v) is 9.77. The third-order valence-electron chi connectivity index (χ3n) is 3.90. The largest absolute Gasteiger partial charge is 0.506 e. The molecule has 0 aliphatic carbocycles. The molecule has 0 bridgehead atoms. The number of hydrogen-bond acceptors (Lipinski definition) is 7. The van der Waals surface area contributed by atoms with Crippen molar-refractivity contribution >= 4 is 28.0 Å². The smallest absolute Gasteiger partial charge is 0.249 e. The van der Waals surface area contributed by atoms with Crippen molar-refractivity contribution in [1.82, 2.24) is 9.36 Å². The molecule has 25 heavy (non-hydrogen) atoms. The van der Waals surface area contributed by atoms with Crippen LogP contribution in [0.4, 0.5) is 16.5 Å². The van der Waals surface area contributed by atoms with Gasteiger partial charge in [-0.3, -0.25) is 0 Å². The summed E-state index contributed by atoms with van der Waals surface area (Å²) in [5, 5.41) is 19.0. The fraction of sp³-hybridized carbons (Fsp3) is 0.556. The topological polar surface area (TPSA) is 74.0 Å². The van der Waals surface area contributed by atoms with Gasteiger partial charge in [-0.2, -0.15) is 4.37 Å². The maximum Gasteiger partial charge on any atom is 0.249 e. The summed E-state index contributed by atoms with van der Waals surface area (Å²) in [6, 6.07) is 5.58. The van der Waals surface area contributed by atoms with Crippen LogP contribution in [0.25, 0.3) is 0 Å². The van der Waals surface area contributed by atoms with Crippen LogP contribution in [-0.4, -0.2) is 27.6 Å². The number of benzene rings is 1. The van der Waals surface area contributed by atoms with Gasteiger partial charge in [-0.1, -0.05) is 33.6 Å². The van der Waals surface area contributed by atoms with Crippen LogP contribution in [0.15, 0.2) is 28.4 Å². The normalized spacial score (nSPS) is 11.3. The minimum Gasteiger partial charge on any atom is -0.506 e. The summed E-state index contributed by atoms with van der Waals surface area (Å²) in [6.45, 7) is 8.38. The molecule has 0 aliphatic rings. The quantitative estimate of drug-likeness (QED) is 0.557. The van der Waals surface area contributed by atoms with E-state index in [0.29, 0.717) is 10.8 Å². The van der Waals surface area contributed by atoms with E-state index in [1.54, 1.807) is 12.1 Å². The van der Waals surface area contributed by atoms with E-state index in [1.807, 2.05) is 13.0 Å². The molecule has 0 aliphatic heterocycles. The van der Waals surface area contributed by atoms with E-state index in [1.165, 1.54) is 11.5 Å². The number of anilines is 1. The van der Waals surface area contributed by atoms with Crippen LogP contribution in [0, 0.1) is 0 Å². The maximum atomic E-state index is 10.3. The summed E-state index contributed by atoms with van der Waals surface area (Å²) in [4.78, 5) is 6.57. The molecule has 0 unspecified atom stereocenters. The molecule has 136 valence electrons. The molecule has 0 atom stereocenters. The van der Waals surface area contributed by atoms with Gasteiger partial charge in [0.25, 0.3) is 0 Å². The van der Waals surface area contributed by atoms with E-state index in [4.69, 9.17) is 0 Å². The number of rotatable bonds is 10. The summed E-state index contributed by atoms with van der Waals surface area (Å²) >= 11 is 1.21. The van der Waals surface area contributed by atoms with Gasteiger partial charge >= 0.3 is 0 Å². The number of hydrogen-bond donors (Lipinski definition) is 1. The highest BCUT2D eigenvalue weighted by Crippen LogP contribution is 2.32. The second-order valence-electron chi connectivity index (χ2n) is 5.91. The lowest BCUT2D eigenvalue weighted by atomic mass is 10.2. The standard InChI is InChI=1S/C18H27N5OS/c1-4-7-11-23(12-8-5-2)14-9-10-15(16(24)13-14)20-21-18-19-17(6-3)22-25-18/h9-10,13,24H,4-8,11-12H2,1-3H3. The molecule has 0 fully saturated rings. The van der Waals surface area contributed by atoms with Gasteiger partial charge in [0.1, 0.15) is 17.3 Å². The number of aromatic hydroxyl groups is 1. The van der Waals surface area contributed by atoms with Gasteiger partial charge in [-0.05, 0) is 25.0 Å². The molecule has 0 radical (unpaired) electrons. The third kappa shape index (κ3) is 5.77. The number of phenols is 1. The van der Waals surface area contributed by atoms with E-state index in [-0.39, 0.29) is 5.75 Å². The SMILES string of the molecule is CCCCN(CCCC)c1ccc(N=Nc2nc(CC)ns2)c(O)c1. The predicted octanol–water partition coefficient (Wildman–Crippen LogP) is 5.63. The lowest BCUT2D eigenvalue weighted by Crippen LogP contribution is -2.25. The van der Waals surface area contributed by atoms with Crippen LogP contribution in [0.2, 0.25) is 0 Å². The average Bonchev–Trinajstić information content (AvgIpc) is 3.09. The zero-order valence-corrected chi connectivity index (χ0v) is 16.1. The van der Waals surface area contributed by atoms with Crippen molar-refractivity contribution in [1.29, 1.82) is 0 Å². The Morgan fingerprint density at radius 2 is 1.80 bits per heavy atom. The summed E-state index contributed by atoms with van der Waals surface area (Å²) in [5.74, 6) is 0.903. The molecule has 2 aromatic rings. The fourth-order valence-electron chi connectivity index (χ4n) is 2.39. The van der Waals surface area contributed by atoms with Gasteiger partial charge in [0.2, 0.25) is 5.13 Å². The van der Waals surface area contributed by atoms with Crippen LogP contribution in [0.3, 0.4) is 0 Å². The molecule has 1 heterocycles. The Labute approximate surface area is 153 Å². The van der Waals surface area contributed by atoms with Gasteiger partial charge in [0.05, 0.1) is 0 Å². The van der Waals surface area contributed by atoms with Crippen molar-refractivity contribution in [2.24, 2.45) is 10.2 Å². The van der Waals surface area contributed by atoms with Crippen LogP contribution < -0.4 is 4.90 Å². The first-order valence-electron chi connectivity index (χ1n) is 9.00. The average molecular weight is 362 g/mol. The second kappa shape index (κ2) is 10.1. The van der Waals surface area contributed by atoms with Crippen LogP contribution in [0.5, 0.6) is 5.75 Å². The van der Waals surface area contributed by atoms with E-state index in [0.717, 1.165) is 56.7 Å². The summed E-state index contributed by atoms with van der Waals surface area (Å²) < 4.78 is 4.17. The number of nitrogens with zero attached hydrogens (tertiary/aromatic N) is 5. The van der Waals surface area contributed by atoms with Crippen LogP contribution >= 0.6 is 11.5 Å². The lowest BCUT2D eigenvalue weighted by molar-refractivity contribution is 0.476. The van der Waals surface area contributed by atoms with Gasteiger partial charge in [-0.25, -0.2) is 4.98 Å². The molecule has 0 spiro atoms. The molecule has 7 heteroatoms. The summed E-state index contributed by atoms with van der Waals surface area (Å²) in [5.41, 5.74) is 1.48. The molecule has 1 aromatic carbocycles. The van der Waals surface area contributed by atoms with Crippen molar-refractivity contribution in [3.8, 4) is 5.75 Å². The molecule has 1 aromatic heterocycles. The maximum absolute atomic E-state index is 10.3. The van der Waals surface area contributed by atoms with Crippen molar-refractivity contribution < 1.29 is 5.11 Å². The Hall–Kier alpha value is -2.02. The Bertz CT molecular complexity index is 678. The first-order chi connectivity index (χ1) is 12.2. The summed E-state index contributed by atoms with van der Waals surface area (Å²) in [6.07, 6.45) is 5.37. The van der Waals surface area contributed by atoms with E-state index in [2.05, 4.69) is 38.3 Å². The predicted molar refractivity (Wildman–Crippen MR) is 104 cm³/mol. The zero-order chi connectivity index (χ0) is 18.1. The van der Waals surface area contributed by atoms with Gasteiger partial charge in [-0.15, -0.1) is 10.2 Å². The van der Waals surface area contributed by atoms with Gasteiger partial charge < -0.3 is 10.0 Å². The Balaban J connectivity index is 2.11. The highest BCUT2D eigenvalue weighted by atomic mass is 32.1. The van der Waals surface area contributed by atoms with Crippen LogP contribution in [-0.2, 0) is 6.42 Å². The highest BCUT2D eigenvalue weighted by Gasteiger charge is 2.09. The van der Waals surface area contributed by atoms with E-state index < -0.39 is 0 Å². The number of aryl methyl sites for hydroxylation is 1. The third-order valence-corrected chi connectivity index (χ3v) is 4.54. The van der Waals surface area contributed by atoms with Gasteiger partial charge in [0.15, 0.2) is 0 Å². The molecule has 6 nitrogen and oxygen atoms in total. The lowest BCUT2D eigenvalue weighted by Gasteiger charge is -2.25. The second-order valence-corrected chi connectivity index (χ2v) is 6.64. The highest BCUT2D eigenvalue weighted by molar-refractivity contribution is 7.09. The molecule has 0 amide bonds. The summed E-state index contributed by atoms with van der Waals surface area (Å²) in [7, 11) is 0. The number of azo groups is 1. The van der Waals surface area contributed by atoms with E-state index >= 15 is 0 Å². The molecule has 2 rings (SSSR count). The molecule has 0 saturated carbocycles. The zero-order valence-electron chi connectivity index (χ0n) is 15.3. The van der Waals surface area contributed by atoms with Gasteiger partial charge in [0, 0.05) is 42.8 Å². The number of aromatic nitrogens is 2. The molecule has 1 N–H and O–H groups in total. The Morgan fingerprint density at radius 1 is 1.08 bits per heavy atom. The van der Waals surface area contributed by atoms with Crippen molar-refractivity contribution in [3.63, 3.8) is 0 Å². The minimum absolute atomic E-state index is 0.138.